The standard InChI is InChI=1S/C15H29N3/c1-7-13(8-10-16-4)18-11-9-14(17(5)6)15(2,3)12-18/h8,10,14H,7,9,11-12H2,1-6H3/b13-8+,16-10?. The highest BCUT2D eigenvalue weighted by Gasteiger charge is 2.37. The van der Waals surface area contributed by atoms with Gasteiger partial charge in [0.2, 0.25) is 0 Å². The molecule has 1 atom stereocenters. The molecule has 1 rings (SSSR count). The lowest BCUT2D eigenvalue weighted by Gasteiger charge is -2.48. The van der Waals surface area contributed by atoms with Crippen molar-refractivity contribution in [3.8, 4) is 0 Å². The van der Waals surface area contributed by atoms with Gasteiger partial charge in [-0.05, 0) is 38.4 Å². The van der Waals surface area contributed by atoms with Crippen molar-refractivity contribution in [2.75, 3.05) is 34.2 Å². The predicted molar refractivity (Wildman–Crippen MR) is 80.2 cm³/mol. The Kier molecular flexibility index (Phi) is 5.39. The van der Waals surface area contributed by atoms with E-state index in [0.29, 0.717) is 11.5 Å². The van der Waals surface area contributed by atoms with Crippen LogP contribution in [0.2, 0.25) is 0 Å². The Bertz CT molecular complexity index is 316. The molecule has 0 aromatic rings. The summed E-state index contributed by atoms with van der Waals surface area (Å²) in [5.74, 6) is 0. The van der Waals surface area contributed by atoms with E-state index in [0.717, 1.165) is 19.5 Å². The van der Waals surface area contributed by atoms with Gasteiger partial charge in [-0.1, -0.05) is 20.8 Å². The highest BCUT2D eigenvalue weighted by molar-refractivity contribution is 5.71. The van der Waals surface area contributed by atoms with Gasteiger partial charge in [0, 0.05) is 38.1 Å². The van der Waals surface area contributed by atoms with Gasteiger partial charge in [0.25, 0.3) is 0 Å². The highest BCUT2D eigenvalue weighted by Crippen LogP contribution is 2.33. The van der Waals surface area contributed by atoms with Crippen LogP contribution in [0.3, 0.4) is 0 Å². The fraction of sp³-hybridized carbons (Fsp3) is 0.800. The van der Waals surface area contributed by atoms with E-state index in [1.165, 1.54) is 12.1 Å². The third-order valence-electron chi connectivity index (χ3n) is 3.98. The van der Waals surface area contributed by atoms with Crippen LogP contribution < -0.4 is 0 Å². The Morgan fingerprint density at radius 1 is 1.44 bits per heavy atom. The van der Waals surface area contributed by atoms with Gasteiger partial charge in [0.15, 0.2) is 0 Å². The Morgan fingerprint density at radius 2 is 2.11 bits per heavy atom. The molecular formula is C15H29N3. The summed E-state index contributed by atoms with van der Waals surface area (Å²) in [5.41, 5.74) is 1.74. The molecule has 0 aromatic heterocycles. The first kappa shape index (κ1) is 15.2. The summed E-state index contributed by atoms with van der Waals surface area (Å²) in [6, 6.07) is 0.673. The normalized spacial score (nSPS) is 25.2. The first-order valence-electron chi connectivity index (χ1n) is 6.95. The molecule has 1 aliphatic rings. The molecule has 18 heavy (non-hydrogen) atoms. The maximum Gasteiger partial charge on any atom is 0.0277 e. The monoisotopic (exact) mass is 251 g/mol. The predicted octanol–water partition coefficient (Wildman–Crippen LogP) is 2.64. The van der Waals surface area contributed by atoms with Gasteiger partial charge in [0.05, 0.1) is 0 Å². The van der Waals surface area contributed by atoms with Gasteiger partial charge in [-0.15, -0.1) is 0 Å². The molecule has 0 spiro atoms. The maximum absolute atomic E-state index is 4.06. The van der Waals surface area contributed by atoms with Crippen molar-refractivity contribution < 1.29 is 0 Å². The average Bonchev–Trinajstić information content (AvgIpc) is 2.28. The third-order valence-corrected chi connectivity index (χ3v) is 3.98. The number of allylic oxidation sites excluding steroid dienone is 2. The molecule has 0 bridgehead atoms. The molecule has 104 valence electrons. The molecule has 0 radical (unpaired) electrons. The number of aliphatic imine (C=N–C) groups is 1. The van der Waals surface area contributed by atoms with E-state index in [-0.39, 0.29) is 0 Å². The molecule has 3 heteroatoms. The third kappa shape index (κ3) is 3.58. The van der Waals surface area contributed by atoms with E-state index in [4.69, 9.17) is 0 Å². The van der Waals surface area contributed by atoms with Crippen molar-refractivity contribution in [1.82, 2.24) is 9.80 Å². The van der Waals surface area contributed by atoms with E-state index < -0.39 is 0 Å². The average molecular weight is 251 g/mol. The van der Waals surface area contributed by atoms with Gasteiger partial charge >= 0.3 is 0 Å². The van der Waals surface area contributed by atoms with Crippen LogP contribution in [0.25, 0.3) is 0 Å². The Labute approximate surface area is 113 Å². The summed E-state index contributed by atoms with van der Waals surface area (Å²) < 4.78 is 0. The zero-order valence-corrected chi connectivity index (χ0v) is 12.9. The quantitative estimate of drug-likeness (QED) is 0.715. The molecule has 1 fully saturated rings. The van der Waals surface area contributed by atoms with Crippen LogP contribution in [0.1, 0.15) is 33.6 Å². The van der Waals surface area contributed by atoms with Crippen LogP contribution in [-0.4, -0.2) is 56.3 Å². The van der Waals surface area contributed by atoms with Crippen molar-refractivity contribution in [3.05, 3.63) is 11.8 Å². The van der Waals surface area contributed by atoms with E-state index in [1.54, 1.807) is 0 Å². The first-order chi connectivity index (χ1) is 8.42. The Balaban J connectivity index is 2.79. The van der Waals surface area contributed by atoms with Crippen molar-refractivity contribution in [2.45, 2.75) is 39.7 Å². The fourth-order valence-electron chi connectivity index (χ4n) is 3.15. The molecule has 1 heterocycles. The van der Waals surface area contributed by atoms with Crippen LogP contribution >= 0.6 is 0 Å². The summed E-state index contributed by atoms with van der Waals surface area (Å²) >= 11 is 0. The van der Waals surface area contributed by atoms with Crippen molar-refractivity contribution in [3.63, 3.8) is 0 Å². The van der Waals surface area contributed by atoms with E-state index in [1.807, 2.05) is 13.3 Å². The van der Waals surface area contributed by atoms with Crippen LogP contribution in [0, 0.1) is 5.41 Å². The zero-order chi connectivity index (χ0) is 13.8. The smallest absolute Gasteiger partial charge is 0.0277 e. The number of nitrogens with zero attached hydrogens (tertiary/aromatic N) is 3. The van der Waals surface area contributed by atoms with E-state index in [2.05, 4.69) is 55.7 Å². The SMILES string of the molecule is CC/C(=C\C=NC)N1CCC(N(C)C)C(C)(C)C1. The minimum atomic E-state index is 0.333. The Hall–Kier alpha value is -0.830. The number of likely N-dealkylation sites (tertiary alicyclic amines) is 1. The summed E-state index contributed by atoms with van der Waals surface area (Å²) in [6.45, 7) is 9.27. The first-order valence-corrected chi connectivity index (χ1v) is 6.95. The van der Waals surface area contributed by atoms with Crippen molar-refractivity contribution >= 4 is 6.21 Å². The lowest BCUT2D eigenvalue weighted by atomic mass is 9.78. The molecule has 0 aliphatic carbocycles. The second-order valence-electron chi connectivity index (χ2n) is 6.10. The van der Waals surface area contributed by atoms with Crippen LogP contribution in [0.5, 0.6) is 0 Å². The summed E-state index contributed by atoms with van der Waals surface area (Å²) in [4.78, 5) is 8.97. The molecule has 1 saturated heterocycles. The maximum atomic E-state index is 4.06. The van der Waals surface area contributed by atoms with Gasteiger partial charge in [-0.25, -0.2) is 0 Å². The number of piperidine rings is 1. The number of hydrogen-bond acceptors (Lipinski definition) is 3. The molecule has 1 unspecified atom stereocenters. The molecule has 1 aliphatic heterocycles. The fourth-order valence-corrected chi connectivity index (χ4v) is 3.15. The molecule has 0 aromatic carbocycles. The summed E-state index contributed by atoms with van der Waals surface area (Å²) in [5, 5.41) is 0. The van der Waals surface area contributed by atoms with E-state index >= 15 is 0 Å². The topological polar surface area (TPSA) is 18.8 Å². The largest absolute Gasteiger partial charge is 0.374 e. The molecule has 3 nitrogen and oxygen atoms in total. The van der Waals surface area contributed by atoms with Gasteiger partial charge < -0.3 is 9.80 Å². The highest BCUT2D eigenvalue weighted by atomic mass is 15.2. The van der Waals surface area contributed by atoms with E-state index in [9.17, 15) is 0 Å². The van der Waals surface area contributed by atoms with Crippen molar-refractivity contribution in [1.29, 1.82) is 0 Å². The second kappa shape index (κ2) is 6.37. The van der Waals surface area contributed by atoms with Gasteiger partial charge in [-0.2, -0.15) is 0 Å². The van der Waals surface area contributed by atoms with Crippen LogP contribution in [0.4, 0.5) is 0 Å². The number of rotatable bonds is 4. The van der Waals surface area contributed by atoms with Crippen LogP contribution in [-0.2, 0) is 0 Å². The second-order valence-corrected chi connectivity index (χ2v) is 6.10. The molecule has 0 N–H and O–H groups in total. The lowest BCUT2D eigenvalue weighted by Crippen LogP contribution is -2.53. The minimum absolute atomic E-state index is 0.333. The molecular weight excluding hydrogens is 222 g/mol. The van der Waals surface area contributed by atoms with Gasteiger partial charge in [0.1, 0.15) is 0 Å². The lowest BCUT2D eigenvalue weighted by molar-refractivity contribution is 0.0437. The zero-order valence-electron chi connectivity index (χ0n) is 12.9. The van der Waals surface area contributed by atoms with Crippen LogP contribution in [0.15, 0.2) is 16.8 Å². The Morgan fingerprint density at radius 3 is 2.56 bits per heavy atom. The number of hydrogen-bond donors (Lipinski definition) is 0. The molecule has 0 amide bonds. The minimum Gasteiger partial charge on any atom is -0.374 e. The summed E-state index contributed by atoms with van der Waals surface area (Å²) in [7, 11) is 6.22. The van der Waals surface area contributed by atoms with Crippen molar-refractivity contribution in [2.24, 2.45) is 10.4 Å². The molecule has 0 saturated carbocycles. The summed E-state index contributed by atoms with van der Waals surface area (Å²) in [6.07, 6.45) is 6.38. The van der Waals surface area contributed by atoms with Gasteiger partial charge in [-0.3, -0.25) is 4.99 Å².